The molecule has 18 heavy (non-hydrogen) atoms. The Morgan fingerprint density at radius 1 is 1.11 bits per heavy atom. The van der Waals surface area contributed by atoms with Crippen LogP contribution in [-0.2, 0) is 0 Å². The van der Waals surface area contributed by atoms with E-state index in [1.165, 1.54) is 13.4 Å². The Balaban J connectivity index is 2.68. The van der Waals surface area contributed by atoms with Gasteiger partial charge in [-0.05, 0) is 25.1 Å². The van der Waals surface area contributed by atoms with Gasteiger partial charge in [0, 0.05) is 5.56 Å². The number of phenols is 1. The normalized spacial score (nSPS) is 10.2. The lowest BCUT2D eigenvalue weighted by atomic mass is 10.0. The van der Waals surface area contributed by atoms with Crippen LogP contribution in [0.25, 0.3) is 11.1 Å². The monoisotopic (exact) mass is 246 g/mol. The van der Waals surface area contributed by atoms with Crippen LogP contribution in [0.15, 0.2) is 24.5 Å². The number of ether oxygens (including phenoxy) is 2. The standard InChI is InChI=1S/C13H14N2O3/c1-8-12(13(18-3)15-7-14-8)10-6-9(17-2)4-5-11(10)16/h4-7,16H,1-3H3. The maximum atomic E-state index is 9.96. The molecule has 2 aromatic rings. The number of benzene rings is 1. The van der Waals surface area contributed by atoms with Crippen LogP contribution in [0.3, 0.4) is 0 Å². The van der Waals surface area contributed by atoms with E-state index in [0.29, 0.717) is 22.8 Å². The topological polar surface area (TPSA) is 64.5 Å². The molecule has 1 aromatic heterocycles. The summed E-state index contributed by atoms with van der Waals surface area (Å²) in [4.78, 5) is 8.16. The summed E-state index contributed by atoms with van der Waals surface area (Å²) in [6.07, 6.45) is 1.43. The molecule has 1 N–H and O–H groups in total. The second-order valence-electron chi connectivity index (χ2n) is 3.73. The smallest absolute Gasteiger partial charge is 0.224 e. The maximum absolute atomic E-state index is 9.96. The number of aromatic hydroxyl groups is 1. The number of phenolic OH excluding ortho intramolecular Hbond substituents is 1. The molecule has 0 amide bonds. The largest absolute Gasteiger partial charge is 0.507 e. The SMILES string of the molecule is COc1ccc(O)c(-c2c(C)ncnc2OC)c1. The number of aryl methyl sites for hydroxylation is 1. The molecule has 2 rings (SSSR count). The van der Waals surface area contributed by atoms with E-state index in [1.807, 2.05) is 6.92 Å². The molecule has 0 fully saturated rings. The minimum absolute atomic E-state index is 0.131. The third kappa shape index (κ3) is 2.07. The first-order valence-corrected chi connectivity index (χ1v) is 5.40. The van der Waals surface area contributed by atoms with E-state index in [1.54, 1.807) is 25.3 Å². The van der Waals surface area contributed by atoms with Crippen LogP contribution in [0.5, 0.6) is 17.4 Å². The average Bonchev–Trinajstić information content (AvgIpc) is 2.39. The molecular formula is C13H14N2O3. The Bertz CT molecular complexity index is 570. The van der Waals surface area contributed by atoms with Crippen molar-refractivity contribution in [1.29, 1.82) is 0 Å². The van der Waals surface area contributed by atoms with E-state index in [-0.39, 0.29) is 5.75 Å². The highest BCUT2D eigenvalue weighted by Gasteiger charge is 2.15. The molecular weight excluding hydrogens is 232 g/mol. The van der Waals surface area contributed by atoms with Crippen LogP contribution in [0.2, 0.25) is 0 Å². The number of nitrogens with zero attached hydrogens (tertiary/aromatic N) is 2. The van der Waals surface area contributed by atoms with Gasteiger partial charge >= 0.3 is 0 Å². The van der Waals surface area contributed by atoms with Gasteiger partial charge in [0.1, 0.15) is 17.8 Å². The lowest BCUT2D eigenvalue weighted by Crippen LogP contribution is -1.97. The van der Waals surface area contributed by atoms with Crippen molar-refractivity contribution in [3.63, 3.8) is 0 Å². The minimum Gasteiger partial charge on any atom is -0.507 e. The van der Waals surface area contributed by atoms with Crippen LogP contribution >= 0.6 is 0 Å². The Morgan fingerprint density at radius 3 is 2.56 bits per heavy atom. The molecule has 0 saturated heterocycles. The Labute approximate surface area is 105 Å². The summed E-state index contributed by atoms with van der Waals surface area (Å²) in [7, 11) is 3.10. The summed E-state index contributed by atoms with van der Waals surface area (Å²) in [5, 5.41) is 9.96. The van der Waals surface area contributed by atoms with Crippen molar-refractivity contribution >= 4 is 0 Å². The summed E-state index contributed by atoms with van der Waals surface area (Å²) in [5.74, 6) is 1.20. The molecule has 0 atom stereocenters. The molecule has 0 spiro atoms. The van der Waals surface area contributed by atoms with Gasteiger partial charge in [-0.25, -0.2) is 9.97 Å². The highest BCUT2D eigenvalue weighted by Crippen LogP contribution is 2.38. The van der Waals surface area contributed by atoms with Gasteiger partial charge in [0.25, 0.3) is 0 Å². The van der Waals surface area contributed by atoms with Gasteiger partial charge in [-0.15, -0.1) is 0 Å². The fourth-order valence-corrected chi connectivity index (χ4v) is 1.76. The fraction of sp³-hybridized carbons (Fsp3) is 0.231. The lowest BCUT2D eigenvalue weighted by molar-refractivity contribution is 0.397. The van der Waals surface area contributed by atoms with Gasteiger partial charge < -0.3 is 14.6 Å². The average molecular weight is 246 g/mol. The Hall–Kier alpha value is -2.30. The number of hydrogen-bond acceptors (Lipinski definition) is 5. The highest BCUT2D eigenvalue weighted by atomic mass is 16.5. The highest BCUT2D eigenvalue weighted by molar-refractivity contribution is 5.77. The molecule has 0 aliphatic rings. The van der Waals surface area contributed by atoms with E-state index in [2.05, 4.69) is 9.97 Å². The zero-order valence-corrected chi connectivity index (χ0v) is 10.5. The third-order valence-corrected chi connectivity index (χ3v) is 2.67. The quantitative estimate of drug-likeness (QED) is 0.899. The summed E-state index contributed by atoms with van der Waals surface area (Å²) in [6, 6.07) is 4.98. The molecule has 0 bridgehead atoms. The molecule has 0 aliphatic carbocycles. The van der Waals surface area contributed by atoms with Crippen LogP contribution in [0.1, 0.15) is 5.69 Å². The molecule has 0 radical (unpaired) electrons. The Kier molecular flexibility index (Phi) is 3.32. The first-order chi connectivity index (χ1) is 8.67. The van der Waals surface area contributed by atoms with E-state index in [0.717, 1.165) is 5.69 Å². The maximum Gasteiger partial charge on any atom is 0.224 e. The summed E-state index contributed by atoms with van der Waals surface area (Å²) in [6.45, 7) is 1.83. The summed E-state index contributed by atoms with van der Waals surface area (Å²) in [5.41, 5.74) is 1.98. The molecule has 5 heteroatoms. The van der Waals surface area contributed by atoms with E-state index in [4.69, 9.17) is 9.47 Å². The van der Waals surface area contributed by atoms with E-state index < -0.39 is 0 Å². The summed E-state index contributed by atoms with van der Waals surface area (Å²) < 4.78 is 10.4. The molecule has 5 nitrogen and oxygen atoms in total. The van der Waals surface area contributed by atoms with Crippen molar-refractivity contribution in [2.45, 2.75) is 6.92 Å². The van der Waals surface area contributed by atoms with Crippen molar-refractivity contribution in [1.82, 2.24) is 9.97 Å². The van der Waals surface area contributed by atoms with Crippen LogP contribution in [0, 0.1) is 6.92 Å². The molecule has 1 aromatic carbocycles. The molecule has 0 saturated carbocycles. The second kappa shape index (κ2) is 4.91. The fourth-order valence-electron chi connectivity index (χ4n) is 1.76. The second-order valence-corrected chi connectivity index (χ2v) is 3.73. The minimum atomic E-state index is 0.131. The number of aromatic nitrogens is 2. The van der Waals surface area contributed by atoms with Crippen LogP contribution in [-0.4, -0.2) is 29.3 Å². The van der Waals surface area contributed by atoms with Gasteiger partial charge in [0.2, 0.25) is 5.88 Å². The third-order valence-electron chi connectivity index (χ3n) is 2.67. The van der Waals surface area contributed by atoms with Crippen molar-refractivity contribution in [3.8, 4) is 28.5 Å². The van der Waals surface area contributed by atoms with E-state index >= 15 is 0 Å². The van der Waals surface area contributed by atoms with Crippen molar-refractivity contribution in [3.05, 3.63) is 30.2 Å². The van der Waals surface area contributed by atoms with Crippen LogP contribution < -0.4 is 9.47 Å². The summed E-state index contributed by atoms with van der Waals surface area (Å²) >= 11 is 0. The Morgan fingerprint density at radius 2 is 1.89 bits per heavy atom. The van der Waals surface area contributed by atoms with E-state index in [9.17, 15) is 5.11 Å². The number of methoxy groups -OCH3 is 2. The first kappa shape index (κ1) is 12.2. The van der Waals surface area contributed by atoms with Crippen molar-refractivity contribution in [2.24, 2.45) is 0 Å². The predicted molar refractivity (Wildman–Crippen MR) is 67.0 cm³/mol. The first-order valence-electron chi connectivity index (χ1n) is 5.40. The molecule has 94 valence electrons. The molecule has 1 heterocycles. The van der Waals surface area contributed by atoms with Gasteiger partial charge in [-0.1, -0.05) is 0 Å². The zero-order valence-electron chi connectivity index (χ0n) is 10.5. The number of rotatable bonds is 3. The number of hydrogen-bond donors (Lipinski definition) is 1. The zero-order chi connectivity index (χ0) is 13.1. The van der Waals surface area contributed by atoms with Crippen molar-refractivity contribution in [2.75, 3.05) is 14.2 Å². The van der Waals surface area contributed by atoms with Gasteiger partial charge in [-0.3, -0.25) is 0 Å². The molecule has 0 aliphatic heterocycles. The van der Waals surface area contributed by atoms with Gasteiger partial charge in [0.15, 0.2) is 0 Å². The van der Waals surface area contributed by atoms with Gasteiger partial charge in [-0.2, -0.15) is 0 Å². The molecule has 0 unspecified atom stereocenters. The van der Waals surface area contributed by atoms with Gasteiger partial charge in [0.05, 0.1) is 25.5 Å². The lowest BCUT2D eigenvalue weighted by Gasteiger charge is -2.12. The predicted octanol–water partition coefficient (Wildman–Crippen LogP) is 2.17. The van der Waals surface area contributed by atoms with Crippen LogP contribution in [0.4, 0.5) is 0 Å². The van der Waals surface area contributed by atoms with Crippen molar-refractivity contribution < 1.29 is 14.6 Å².